The Labute approximate surface area is 141 Å². The summed E-state index contributed by atoms with van der Waals surface area (Å²) in [5.41, 5.74) is 2.11. The summed E-state index contributed by atoms with van der Waals surface area (Å²) in [6, 6.07) is 8.14. The molecule has 0 atom stereocenters. The number of benzene rings is 1. The van der Waals surface area contributed by atoms with Gasteiger partial charge in [-0.2, -0.15) is 0 Å². The first-order valence-corrected chi connectivity index (χ1v) is 10.3. The maximum absolute atomic E-state index is 12.1. The minimum atomic E-state index is 0.0553. The molecule has 2 heterocycles. The maximum Gasteiger partial charge on any atom is 0.251 e. The van der Waals surface area contributed by atoms with Gasteiger partial charge in [0.1, 0.15) is 0 Å². The number of rotatable bonds is 6. The second-order valence-corrected chi connectivity index (χ2v) is 8.58. The average Bonchev–Trinajstić information content (AvgIpc) is 3.25. The number of hydrogen-bond acceptors (Lipinski definition) is 4. The zero-order chi connectivity index (χ0) is 15.2. The highest BCUT2D eigenvalue weighted by Crippen LogP contribution is 2.45. The van der Waals surface area contributed by atoms with E-state index in [2.05, 4.69) is 22.3 Å². The largest absolute Gasteiger partial charge is 0.352 e. The van der Waals surface area contributed by atoms with Crippen LogP contribution in [0.3, 0.4) is 0 Å². The normalized spacial score (nSPS) is 19.6. The van der Waals surface area contributed by atoms with Crippen LogP contribution in [0.25, 0.3) is 0 Å². The number of nitrogens with one attached hydrogen (secondary N) is 1. The fourth-order valence-electron chi connectivity index (χ4n) is 2.96. The van der Waals surface area contributed by atoms with Crippen LogP contribution >= 0.6 is 23.5 Å². The third-order valence-corrected chi connectivity index (χ3v) is 7.31. The molecular weight excluding hydrogens is 312 g/mol. The Morgan fingerprint density at radius 1 is 1.14 bits per heavy atom. The zero-order valence-electron chi connectivity index (χ0n) is 12.9. The molecule has 120 valence electrons. The van der Waals surface area contributed by atoms with Crippen molar-refractivity contribution in [2.45, 2.75) is 23.8 Å². The Kier molecular flexibility index (Phi) is 6.10. The maximum atomic E-state index is 12.1. The van der Waals surface area contributed by atoms with Crippen molar-refractivity contribution in [3.63, 3.8) is 0 Å². The van der Waals surface area contributed by atoms with Crippen LogP contribution in [0.2, 0.25) is 0 Å². The van der Waals surface area contributed by atoms with Crippen molar-refractivity contribution in [1.82, 2.24) is 10.2 Å². The summed E-state index contributed by atoms with van der Waals surface area (Å²) >= 11 is 3.99. The van der Waals surface area contributed by atoms with E-state index in [-0.39, 0.29) is 5.91 Å². The Morgan fingerprint density at radius 2 is 1.82 bits per heavy atom. The van der Waals surface area contributed by atoms with Gasteiger partial charge in [0.25, 0.3) is 5.91 Å². The molecule has 1 amide bonds. The fraction of sp³-hybridized carbons (Fsp3) is 0.588. The summed E-state index contributed by atoms with van der Waals surface area (Å²) in [7, 11) is 0. The van der Waals surface area contributed by atoms with E-state index in [1.54, 1.807) is 0 Å². The number of likely N-dealkylation sites (tertiary alicyclic amines) is 1. The van der Waals surface area contributed by atoms with Crippen molar-refractivity contribution in [3.8, 4) is 0 Å². The molecule has 1 N–H and O–H groups in total. The molecule has 0 radical (unpaired) electrons. The van der Waals surface area contributed by atoms with Crippen LogP contribution in [0, 0.1) is 0 Å². The lowest BCUT2D eigenvalue weighted by Gasteiger charge is -2.14. The summed E-state index contributed by atoms with van der Waals surface area (Å²) in [5, 5.41) is 3.04. The number of nitrogens with zero attached hydrogens (tertiary/aromatic N) is 1. The summed E-state index contributed by atoms with van der Waals surface area (Å²) in [4.78, 5) is 14.6. The van der Waals surface area contributed by atoms with E-state index in [9.17, 15) is 4.79 Å². The van der Waals surface area contributed by atoms with E-state index in [0.717, 1.165) is 25.1 Å². The lowest BCUT2D eigenvalue weighted by molar-refractivity contribution is 0.0952. The lowest BCUT2D eigenvalue weighted by Crippen LogP contribution is -2.28. The minimum absolute atomic E-state index is 0.0553. The smallest absolute Gasteiger partial charge is 0.251 e. The number of carbonyl (C=O) groups excluding carboxylic acids is 1. The van der Waals surface area contributed by atoms with Gasteiger partial charge in [-0.25, -0.2) is 0 Å². The van der Waals surface area contributed by atoms with Crippen molar-refractivity contribution in [3.05, 3.63) is 35.4 Å². The Balaban J connectivity index is 1.41. The minimum Gasteiger partial charge on any atom is -0.352 e. The summed E-state index contributed by atoms with van der Waals surface area (Å²) in [6.45, 7) is 4.33. The second-order valence-electron chi connectivity index (χ2n) is 5.85. The predicted octanol–water partition coefficient (Wildman–Crippen LogP) is 3.38. The molecule has 3 nitrogen and oxygen atoms in total. The molecular formula is C17H24N2OS2. The van der Waals surface area contributed by atoms with E-state index in [4.69, 9.17) is 0 Å². The lowest BCUT2D eigenvalue weighted by atomic mass is 10.1. The molecule has 0 bridgehead atoms. The van der Waals surface area contributed by atoms with Crippen LogP contribution in [0.4, 0.5) is 0 Å². The molecule has 1 aromatic rings. The van der Waals surface area contributed by atoms with Gasteiger partial charge in [-0.05, 0) is 56.6 Å². The molecule has 0 aliphatic carbocycles. The summed E-state index contributed by atoms with van der Waals surface area (Å²) < 4.78 is 0.553. The van der Waals surface area contributed by atoms with Gasteiger partial charge in [-0.15, -0.1) is 23.5 Å². The molecule has 22 heavy (non-hydrogen) atoms. The average molecular weight is 337 g/mol. The van der Waals surface area contributed by atoms with E-state index in [0.29, 0.717) is 4.58 Å². The van der Waals surface area contributed by atoms with Crippen LogP contribution in [0.1, 0.15) is 39.8 Å². The standard InChI is InChI=1S/C17H24N2OS2/c20-16(18-8-3-11-19-9-1-2-10-19)14-4-6-15(7-5-14)17-21-12-13-22-17/h4-7,17H,1-3,8-13H2,(H,18,20). The van der Waals surface area contributed by atoms with Gasteiger partial charge >= 0.3 is 0 Å². The molecule has 0 unspecified atom stereocenters. The van der Waals surface area contributed by atoms with Crippen LogP contribution < -0.4 is 5.32 Å². The van der Waals surface area contributed by atoms with Crippen molar-refractivity contribution >= 4 is 29.4 Å². The van der Waals surface area contributed by atoms with Gasteiger partial charge in [0.2, 0.25) is 0 Å². The van der Waals surface area contributed by atoms with Crippen molar-refractivity contribution in [2.24, 2.45) is 0 Å². The number of thioether (sulfide) groups is 2. The summed E-state index contributed by atoms with van der Waals surface area (Å²) in [5.74, 6) is 2.52. The SMILES string of the molecule is O=C(NCCCN1CCCC1)c1ccc(C2SCCS2)cc1. The first-order valence-electron chi connectivity index (χ1n) is 8.17. The van der Waals surface area contributed by atoms with Crippen molar-refractivity contribution in [2.75, 3.05) is 37.7 Å². The van der Waals surface area contributed by atoms with E-state index in [1.165, 1.54) is 43.0 Å². The Morgan fingerprint density at radius 3 is 2.50 bits per heavy atom. The van der Waals surface area contributed by atoms with Crippen LogP contribution in [0.15, 0.2) is 24.3 Å². The Hall–Kier alpha value is -0.650. The van der Waals surface area contributed by atoms with Crippen molar-refractivity contribution < 1.29 is 4.79 Å². The molecule has 2 aliphatic rings. The van der Waals surface area contributed by atoms with Gasteiger partial charge in [0, 0.05) is 23.6 Å². The van der Waals surface area contributed by atoms with Gasteiger partial charge in [0.15, 0.2) is 0 Å². The molecule has 2 aliphatic heterocycles. The highest BCUT2D eigenvalue weighted by molar-refractivity contribution is 8.19. The highest BCUT2D eigenvalue weighted by atomic mass is 32.2. The number of amides is 1. The molecule has 2 saturated heterocycles. The molecule has 1 aromatic carbocycles. The molecule has 0 saturated carbocycles. The fourth-order valence-corrected chi connectivity index (χ4v) is 5.81. The van der Waals surface area contributed by atoms with Crippen molar-refractivity contribution in [1.29, 1.82) is 0 Å². The van der Waals surface area contributed by atoms with Gasteiger partial charge in [0.05, 0.1) is 4.58 Å². The van der Waals surface area contributed by atoms with Crippen LogP contribution in [-0.2, 0) is 0 Å². The first-order chi connectivity index (χ1) is 10.8. The third kappa shape index (κ3) is 4.43. The molecule has 5 heteroatoms. The van der Waals surface area contributed by atoms with Gasteiger partial charge < -0.3 is 10.2 Å². The van der Waals surface area contributed by atoms with Crippen LogP contribution in [0.5, 0.6) is 0 Å². The number of carbonyl (C=O) groups is 1. The van der Waals surface area contributed by atoms with Gasteiger partial charge in [-0.3, -0.25) is 4.79 Å². The van der Waals surface area contributed by atoms with E-state index in [1.807, 2.05) is 35.7 Å². The van der Waals surface area contributed by atoms with Crippen LogP contribution in [-0.4, -0.2) is 48.5 Å². The first kappa shape index (κ1) is 16.2. The summed E-state index contributed by atoms with van der Waals surface area (Å²) in [6.07, 6.45) is 3.70. The molecule has 3 rings (SSSR count). The van der Waals surface area contributed by atoms with E-state index >= 15 is 0 Å². The third-order valence-electron chi connectivity index (χ3n) is 4.20. The molecule has 2 fully saturated rings. The monoisotopic (exact) mass is 336 g/mol. The predicted molar refractivity (Wildman–Crippen MR) is 96.7 cm³/mol. The highest BCUT2D eigenvalue weighted by Gasteiger charge is 2.18. The quantitative estimate of drug-likeness (QED) is 0.807. The number of hydrogen-bond donors (Lipinski definition) is 1. The molecule has 0 aromatic heterocycles. The molecule has 0 spiro atoms. The second kappa shape index (κ2) is 8.27. The zero-order valence-corrected chi connectivity index (χ0v) is 14.6. The van der Waals surface area contributed by atoms with Gasteiger partial charge in [-0.1, -0.05) is 12.1 Å². The Bertz CT molecular complexity index is 480. The van der Waals surface area contributed by atoms with E-state index < -0.39 is 0 Å². The topological polar surface area (TPSA) is 32.3 Å².